The van der Waals surface area contributed by atoms with E-state index in [-0.39, 0.29) is 16.9 Å². The zero-order chi connectivity index (χ0) is 16.4. The van der Waals surface area contributed by atoms with Crippen LogP contribution >= 0.6 is 0 Å². The molecule has 2 aromatic carbocycles. The van der Waals surface area contributed by atoms with E-state index in [1.165, 1.54) is 11.1 Å². The number of aliphatic hydroxyl groups excluding tert-OH is 1. The first-order chi connectivity index (χ1) is 11.1. The Hall–Kier alpha value is -2.68. The quantitative estimate of drug-likeness (QED) is 0.920. The van der Waals surface area contributed by atoms with E-state index in [4.69, 9.17) is 0 Å². The van der Waals surface area contributed by atoms with Crippen molar-refractivity contribution in [1.82, 2.24) is 0 Å². The lowest BCUT2D eigenvalue weighted by Crippen LogP contribution is -2.22. The Morgan fingerprint density at radius 2 is 1.43 bits per heavy atom. The lowest BCUT2D eigenvalue weighted by molar-refractivity contribution is 0.0926. The van der Waals surface area contributed by atoms with Crippen LogP contribution in [0.1, 0.15) is 44.7 Å². The molecule has 0 spiro atoms. The van der Waals surface area contributed by atoms with Crippen molar-refractivity contribution >= 4 is 11.6 Å². The van der Waals surface area contributed by atoms with E-state index >= 15 is 0 Å². The molecular weight excluding hydrogens is 288 g/mol. The number of ketones is 2. The average Bonchev–Trinajstić information content (AvgIpc) is 2.57. The van der Waals surface area contributed by atoms with E-state index in [1.54, 1.807) is 24.3 Å². The van der Waals surface area contributed by atoms with Gasteiger partial charge in [-0.15, -0.1) is 0 Å². The molecule has 23 heavy (non-hydrogen) atoms. The SMILES string of the molecule is Cc1ccc(CCCC2=C(O)C(=O)c3ccccc3C2=O)cc1. The first-order valence-electron chi connectivity index (χ1n) is 7.74. The molecule has 0 unspecified atom stereocenters. The van der Waals surface area contributed by atoms with Gasteiger partial charge in [0.1, 0.15) is 0 Å². The van der Waals surface area contributed by atoms with Gasteiger partial charge < -0.3 is 5.11 Å². The lowest BCUT2D eigenvalue weighted by atomic mass is 9.86. The maximum absolute atomic E-state index is 12.5. The van der Waals surface area contributed by atoms with Gasteiger partial charge in [0, 0.05) is 16.7 Å². The molecule has 2 aromatic rings. The van der Waals surface area contributed by atoms with Gasteiger partial charge in [0.25, 0.3) is 0 Å². The molecular formula is C20H18O3. The second-order valence-corrected chi connectivity index (χ2v) is 5.87. The van der Waals surface area contributed by atoms with Crippen molar-refractivity contribution in [2.45, 2.75) is 26.2 Å². The first-order valence-corrected chi connectivity index (χ1v) is 7.74. The van der Waals surface area contributed by atoms with E-state index in [0.717, 1.165) is 6.42 Å². The predicted molar refractivity (Wildman–Crippen MR) is 88.9 cm³/mol. The third-order valence-corrected chi connectivity index (χ3v) is 4.20. The van der Waals surface area contributed by atoms with Crippen molar-refractivity contribution in [2.24, 2.45) is 0 Å². The molecule has 0 radical (unpaired) electrons. The van der Waals surface area contributed by atoms with E-state index in [9.17, 15) is 14.7 Å². The van der Waals surface area contributed by atoms with Crippen molar-refractivity contribution in [2.75, 3.05) is 0 Å². The van der Waals surface area contributed by atoms with Crippen LogP contribution in [0.2, 0.25) is 0 Å². The maximum Gasteiger partial charge on any atom is 0.228 e. The standard InChI is InChI=1S/C20H18O3/c1-13-9-11-14(12-10-13)5-4-8-17-18(21)15-6-2-3-7-16(15)19(22)20(17)23/h2-3,6-7,9-12,23H,4-5,8H2,1H3. The van der Waals surface area contributed by atoms with Crippen molar-refractivity contribution in [3.63, 3.8) is 0 Å². The summed E-state index contributed by atoms with van der Waals surface area (Å²) in [5, 5.41) is 10.1. The van der Waals surface area contributed by atoms with Crippen LogP contribution in [0, 0.1) is 6.92 Å². The van der Waals surface area contributed by atoms with Crippen LogP contribution < -0.4 is 0 Å². The zero-order valence-electron chi connectivity index (χ0n) is 13.0. The highest BCUT2D eigenvalue weighted by Gasteiger charge is 2.31. The van der Waals surface area contributed by atoms with Gasteiger partial charge >= 0.3 is 0 Å². The number of aliphatic hydroxyl groups is 1. The molecule has 0 bridgehead atoms. The molecule has 0 saturated heterocycles. The second-order valence-electron chi connectivity index (χ2n) is 5.87. The molecule has 1 aliphatic carbocycles. The predicted octanol–water partition coefficient (Wildman–Crippen LogP) is 4.21. The van der Waals surface area contributed by atoms with E-state index in [0.29, 0.717) is 18.4 Å². The smallest absolute Gasteiger partial charge is 0.228 e. The number of aryl methyl sites for hydroxylation is 2. The second kappa shape index (κ2) is 6.21. The van der Waals surface area contributed by atoms with Crippen molar-refractivity contribution in [3.8, 4) is 0 Å². The lowest BCUT2D eigenvalue weighted by Gasteiger charge is -2.17. The van der Waals surface area contributed by atoms with Crippen molar-refractivity contribution in [3.05, 3.63) is 82.1 Å². The molecule has 116 valence electrons. The Labute approximate surface area is 135 Å². The van der Waals surface area contributed by atoms with Crippen LogP contribution in [0.3, 0.4) is 0 Å². The van der Waals surface area contributed by atoms with Gasteiger partial charge in [0.15, 0.2) is 11.5 Å². The van der Waals surface area contributed by atoms with Crippen LogP contribution in [0.15, 0.2) is 59.9 Å². The van der Waals surface area contributed by atoms with E-state index in [2.05, 4.69) is 24.3 Å². The number of allylic oxidation sites excluding steroid dienone is 2. The summed E-state index contributed by atoms with van der Waals surface area (Å²) in [7, 11) is 0. The van der Waals surface area contributed by atoms with E-state index < -0.39 is 11.5 Å². The molecule has 3 heteroatoms. The Morgan fingerprint density at radius 3 is 2.09 bits per heavy atom. The first kappa shape index (κ1) is 15.2. The van der Waals surface area contributed by atoms with Crippen LogP contribution in [-0.2, 0) is 6.42 Å². The summed E-state index contributed by atoms with van der Waals surface area (Å²) in [5.41, 5.74) is 3.31. The summed E-state index contributed by atoms with van der Waals surface area (Å²) in [6.45, 7) is 2.04. The summed E-state index contributed by atoms with van der Waals surface area (Å²) >= 11 is 0. The highest BCUT2D eigenvalue weighted by Crippen LogP contribution is 2.27. The average molecular weight is 306 g/mol. The molecule has 0 heterocycles. The molecule has 3 nitrogen and oxygen atoms in total. The van der Waals surface area contributed by atoms with Crippen molar-refractivity contribution < 1.29 is 14.7 Å². The van der Waals surface area contributed by atoms with Gasteiger partial charge in [-0.25, -0.2) is 0 Å². The number of carbonyl (C=O) groups is 2. The van der Waals surface area contributed by atoms with Crippen LogP contribution in [0.4, 0.5) is 0 Å². The monoisotopic (exact) mass is 306 g/mol. The Bertz CT molecular complexity index is 798. The molecule has 0 amide bonds. The number of carbonyl (C=O) groups excluding carboxylic acids is 2. The fourth-order valence-electron chi connectivity index (χ4n) is 2.87. The minimum absolute atomic E-state index is 0.235. The Kier molecular flexibility index (Phi) is 4.11. The Morgan fingerprint density at radius 1 is 0.826 bits per heavy atom. The fourth-order valence-corrected chi connectivity index (χ4v) is 2.87. The molecule has 3 rings (SSSR count). The molecule has 0 aliphatic heterocycles. The number of hydrogen-bond donors (Lipinski definition) is 1. The minimum Gasteiger partial charge on any atom is -0.504 e. The molecule has 0 fully saturated rings. The minimum atomic E-state index is -0.453. The third-order valence-electron chi connectivity index (χ3n) is 4.20. The van der Waals surface area contributed by atoms with Crippen LogP contribution in [0.5, 0.6) is 0 Å². The van der Waals surface area contributed by atoms with Gasteiger partial charge in [-0.3, -0.25) is 9.59 Å². The summed E-state index contributed by atoms with van der Waals surface area (Å²) in [6.07, 6.45) is 1.92. The van der Waals surface area contributed by atoms with Gasteiger partial charge in [0.2, 0.25) is 5.78 Å². The topological polar surface area (TPSA) is 54.4 Å². The fraction of sp³-hybridized carbons (Fsp3) is 0.200. The summed E-state index contributed by atoms with van der Waals surface area (Å²) in [5.74, 6) is -1.08. The van der Waals surface area contributed by atoms with Gasteiger partial charge in [-0.2, -0.15) is 0 Å². The number of Topliss-reactive ketones (excluding diaryl/α,β-unsaturated/α-hetero) is 2. The molecule has 0 saturated carbocycles. The number of rotatable bonds is 4. The Balaban J connectivity index is 1.75. The number of benzene rings is 2. The van der Waals surface area contributed by atoms with Crippen LogP contribution in [0.25, 0.3) is 0 Å². The van der Waals surface area contributed by atoms with Crippen LogP contribution in [-0.4, -0.2) is 16.7 Å². The molecule has 1 aliphatic rings. The zero-order valence-corrected chi connectivity index (χ0v) is 13.0. The third kappa shape index (κ3) is 2.95. The molecule has 1 N–H and O–H groups in total. The van der Waals surface area contributed by atoms with E-state index in [1.807, 2.05) is 6.92 Å². The molecule has 0 aromatic heterocycles. The van der Waals surface area contributed by atoms with Gasteiger partial charge in [-0.1, -0.05) is 54.1 Å². The van der Waals surface area contributed by atoms with Gasteiger partial charge in [0.05, 0.1) is 0 Å². The highest BCUT2D eigenvalue weighted by atomic mass is 16.3. The number of fused-ring (bicyclic) bond motifs is 1. The summed E-state index contributed by atoms with van der Waals surface area (Å²) in [4.78, 5) is 24.7. The molecule has 0 atom stereocenters. The summed E-state index contributed by atoms with van der Waals surface area (Å²) in [6, 6.07) is 14.9. The highest BCUT2D eigenvalue weighted by molar-refractivity contribution is 6.25. The maximum atomic E-state index is 12.5. The largest absolute Gasteiger partial charge is 0.504 e. The summed E-state index contributed by atoms with van der Waals surface area (Å²) < 4.78 is 0. The van der Waals surface area contributed by atoms with Gasteiger partial charge in [-0.05, 0) is 31.7 Å². The van der Waals surface area contributed by atoms with Crippen molar-refractivity contribution in [1.29, 1.82) is 0 Å². The number of hydrogen-bond acceptors (Lipinski definition) is 3. The normalized spacial score (nSPS) is 14.1.